The monoisotopic (exact) mass is 270 g/mol. The Balaban J connectivity index is 1.87. The van der Waals surface area contributed by atoms with Gasteiger partial charge in [0.05, 0.1) is 13.2 Å². The highest BCUT2D eigenvalue weighted by atomic mass is 16.5. The van der Waals surface area contributed by atoms with Crippen molar-refractivity contribution in [1.29, 1.82) is 0 Å². The quantitative estimate of drug-likeness (QED) is 0.535. The Bertz CT molecular complexity index is 246. The lowest BCUT2D eigenvalue weighted by molar-refractivity contribution is -0.181. The maximum Gasteiger partial charge on any atom is 0.314 e. The number of hydrogen-bond acceptors (Lipinski definition) is 2. The zero-order valence-electron chi connectivity index (χ0n) is 12.5. The molecule has 1 rings (SSSR count). The zero-order valence-corrected chi connectivity index (χ0v) is 12.5. The fraction of sp³-hybridized carbons (Fsp3) is 0.938. The molecule has 1 heterocycles. The highest BCUT2D eigenvalue weighted by Crippen LogP contribution is 2.33. The van der Waals surface area contributed by atoms with Crippen LogP contribution in [0.1, 0.15) is 77.6 Å². The van der Waals surface area contributed by atoms with Crippen LogP contribution < -0.4 is 0 Å². The van der Waals surface area contributed by atoms with Gasteiger partial charge in [-0.1, -0.05) is 71.1 Å². The van der Waals surface area contributed by atoms with Gasteiger partial charge in [-0.05, 0) is 6.42 Å². The Morgan fingerprint density at radius 3 is 1.79 bits per heavy atom. The predicted octanol–water partition coefficient (Wildman–Crippen LogP) is 4.40. The van der Waals surface area contributed by atoms with E-state index in [1.54, 1.807) is 0 Å². The molecule has 112 valence electrons. The van der Waals surface area contributed by atoms with Crippen molar-refractivity contribution >= 4 is 5.97 Å². The van der Waals surface area contributed by atoms with Gasteiger partial charge in [0.25, 0.3) is 0 Å². The van der Waals surface area contributed by atoms with E-state index in [-0.39, 0.29) is 0 Å². The van der Waals surface area contributed by atoms with Gasteiger partial charge in [-0.15, -0.1) is 0 Å². The first kappa shape index (κ1) is 16.5. The summed E-state index contributed by atoms with van der Waals surface area (Å²) in [7, 11) is 0. The van der Waals surface area contributed by atoms with E-state index in [2.05, 4.69) is 6.92 Å². The Hall–Kier alpha value is -0.570. The first-order valence-electron chi connectivity index (χ1n) is 8.02. The maximum atomic E-state index is 11.1. The molecule has 1 saturated heterocycles. The maximum absolute atomic E-state index is 11.1. The van der Waals surface area contributed by atoms with Crippen molar-refractivity contribution in [1.82, 2.24) is 0 Å². The molecule has 0 aliphatic carbocycles. The molecular formula is C16H30O3. The topological polar surface area (TPSA) is 46.5 Å². The van der Waals surface area contributed by atoms with Crippen LogP contribution in [0.15, 0.2) is 0 Å². The SMILES string of the molecule is CCCCCCCCCCCCC1(C(=O)O)COC1. The van der Waals surface area contributed by atoms with Gasteiger partial charge in [-0.2, -0.15) is 0 Å². The smallest absolute Gasteiger partial charge is 0.314 e. The molecular weight excluding hydrogens is 240 g/mol. The van der Waals surface area contributed by atoms with Gasteiger partial charge in [0.1, 0.15) is 5.41 Å². The van der Waals surface area contributed by atoms with Crippen LogP contribution in [0.5, 0.6) is 0 Å². The van der Waals surface area contributed by atoms with Crippen LogP contribution in [-0.2, 0) is 9.53 Å². The molecule has 0 aromatic rings. The van der Waals surface area contributed by atoms with E-state index in [4.69, 9.17) is 9.84 Å². The molecule has 1 N–H and O–H groups in total. The molecule has 0 bridgehead atoms. The number of aliphatic carboxylic acids is 1. The summed E-state index contributed by atoms with van der Waals surface area (Å²) >= 11 is 0. The first-order chi connectivity index (χ1) is 9.21. The van der Waals surface area contributed by atoms with Crippen molar-refractivity contribution in [2.45, 2.75) is 77.6 Å². The van der Waals surface area contributed by atoms with Crippen molar-refractivity contribution in [3.63, 3.8) is 0 Å². The number of carboxylic acid groups (broad SMARTS) is 1. The van der Waals surface area contributed by atoms with Crippen LogP contribution in [0.2, 0.25) is 0 Å². The molecule has 1 aliphatic heterocycles. The first-order valence-corrected chi connectivity index (χ1v) is 8.02. The fourth-order valence-corrected chi connectivity index (χ4v) is 2.67. The average molecular weight is 270 g/mol. The van der Waals surface area contributed by atoms with Crippen molar-refractivity contribution < 1.29 is 14.6 Å². The van der Waals surface area contributed by atoms with Crippen molar-refractivity contribution in [3.05, 3.63) is 0 Å². The van der Waals surface area contributed by atoms with Crippen LogP contribution in [0.25, 0.3) is 0 Å². The molecule has 1 fully saturated rings. The number of unbranched alkanes of at least 4 members (excludes halogenated alkanes) is 9. The van der Waals surface area contributed by atoms with E-state index in [1.807, 2.05) is 0 Å². The summed E-state index contributed by atoms with van der Waals surface area (Å²) in [6.45, 7) is 3.08. The lowest BCUT2D eigenvalue weighted by Crippen LogP contribution is -2.48. The van der Waals surface area contributed by atoms with Gasteiger partial charge >= 0.3 is 5.97 Å². The van der Waals surface area contributed by atoms with Crippen LogP contribution in [0.3, 0.4) is 0 Å². The van der Waals surface area contributed by atoms with Crippen molar-refractivity contribution in [3.8, 4) is 0 Å². The molecule has 0 amide bonds. The molecule has 19 heavy (non-hydrogen) atoms. The molecule has 3 heteroatoms. The highest BCUT2D eigenvalue weighted by Gasteiger charge is 2.45. The molecule has 0 aromatic heterocycles. The molecule has 0 unspecified atom stereocenters. The third-order valence-electron chi connectivity index (χ3n) is 4.22. The normalized spacial score (nSPS) is 17.1. The van der Waals surface area contributed by atoms with E-state index in [0.29, 0.717) is 13.2 Å². The van der Waals surface area contributed by atoms with Crippen LogP contribution in [0.4, 0.5) is 0 Å². The highest BCUT2D eigenvalue weighted by molar-refractivity contribution is 5.75. The van der Waals surface area contributed by atoms with E-state index in [9.17, 15) is 4.79 Å². The number of ether oxygens (including phenoxy) is 1. The zero-order chi connectivity index (χ0) is 14.0. The minimum atomic E-state index is -0.672. The number of rotatable bonds is 12. The van der Waals surface area contributed by atoms with Crippen LogP contribution in [0, 0.1) is 5.41 Å². The summed E-state index contributed by atoms with van der Waals surface area (Å²) in [5.41, 5.74) is -0.542. The Kier molecular flexibility index (Phi) is 8.11. The lowest BCUT2D eigenvalue weighted by atomic mass is 9.81. The molecule has 0 saturated carbocycles. The summed E-state index contributed by atoms with van der Waals surface area (Å²) in [6, 6.07) is 0. The summed E-state index contributed by atoms with van der Waals surface area (Å²) < 4.78 is 5.06. The van der Waals surface area contributed by atoms with Gasteiger partial charge in [0.15, 0.2) is 0 Å². The van der Waals surface area contributed by atoms with Crippen LogP contribution in [-0.4, -0.2) is 24.3 Å². The second-order valence-electron chi connectivity index (χ2n) is 6.01. The van der Waals surface area contributed by atoms with E-state index in [0.717, 1.165) is 12.8 Å². The number of carboxylic acids is 1. The average Bonchev–Trinajstić information content (AvgIpc) is 2.33. The third-order valence-corrected chi connectivity index (χ3v) is 4.22. The van der Waals surface area contributed by atoms with Gasteiger partial charge in [0, 0.05) is 0 Å². The Morgan fingerprint density at radius 1 is 0.947 bits per heavy atom. The number of carbonyl (C=O) groups is 1. The molecule has 0 atom stereocenters. The second kappa shape index (κ2) is 9.35. The minimum Gasteiger partial charge on any atom is -0.481 e. The molecule has 0 aromatic carbocycles. The molecule has 0 radical (unpaired) electrons. The minimum absolute atomic E-state index is 0.416. The van der Waals surface area contributed by atoms with Gasteiger partial charge in [-0.3, -0.25) is 4.79 Å². The Labute approximate surface area is 117 Å². The third kappa shape index (κ3) is 5.94. The number of hydrogen-bond donors (Lipinski definition) is 1. The van der Waals surface area contributed by atoms with E-state index in [1.165, 1.54) is 57.8 Å². The molecule has 0 spiro atoms. The standard InChI is InChI=1S/C16H30O3/c1-2-3-4-5-6-7-8-9-10-11-12-16(15(17)18)13-19-14-16/h2-14H2,1H3,(H,17,18). The van der Waals surface area contributed by atoms with Gasteiger partial charge < -0.3 is 9.84 Å². The summed E-state index contributed by atoms with van der Waals surface area (Å²) in [4.78, 5) is 11.1. The van der Waals surface area contributed by atoms with Crippen molar-refractivity contribution in [2.24, 2.45) is 5.41 Å². The molecule has 3 nitrogen and oxygen atoms in total. The largest absolute Gasteiger partial charge is 0.481 e. The summed E-state index contributed by atoms with van der Waals surface area (Å²) in [5, 5.41) is 9.15. The second-order valence-corrected chi connectivity index (χ2v) is 6.01. The van der Waals surface area contributed by atoms with Crippen molar-refractivity contribution in [2.75, 3.05) is 13.2 Å². The summed E-state index contributed by atoms with van der Waals surface area (Å²) in [6.07, 6.45) is 13.7. The summed E-state index contributed by atoms with van der Waals surface area (Å²) in [5.74, 6) is -0.672. The van der Waals surface area contributed by atoms with E-state index >= 15 is 0 Å². The predicted molar refractivity (Wildman–Crippen MR) is 77.3 cm³/mol. The lowest BCUT2D eigenvalue weighted by Gasteiger charge is -2.37. The fourth-order valence-electron chi connectivity index (χ4n) is 2.67. The van der Waals surface area contributed by atoms with Crippen LogP contribution >= 0.6 is 0 Å². The molecule has 1 aliphatic rings. The van der Waals surface area contributed by atoms with Gasteiger partial charge in [0.2, 0.25) is 0 Å². The van der Waals surface area contributed by atoms with E-state index < -0.39 is 11.4 Å². The van der Waals surface area contributed by atoms with Gasteiger partial charge in [-0.25, -0.2) is 0 Å². The Morgan fingerprint density at radius 2 is 1.42 bits per heavy atom.